The summed E-state index contributed by atoms with van der Waals surface area (Å²) in [5, 5.41) is 2.89. The van der Waals surface area contributed by atoms with E-state index < -0.39 is 0 Å². The molecule has 0 saturated carbocycles. The van der Waals surface area contributed by atoms with Crippen LogP contribution in [0.25, 0.3) is 0 Å². The Hall–Kier alpha value is -0.910. The number of piperazine rings is 1. The van der Waals surface area contributed by atoms with Gasteiger partial charge in [0, 0.05) is 44.3 Å². The first-order valence-corrected chi connectivity index (χ1v) is 7.09. The Balaban J connectivity index is 1.69. The monoisotopic (exact) mass is 267 g/mol. The van der Waals surface area contributed by atoms with Gasteiger partial charge in [-0.3, -0.25) is 14.6 Å². The molecule has 0 radical (unpaired) electrons. The molecule has 0 aromatic heterocycles. The van der Waals surface area contributed by atoms with Gasteiger partial charge in [0.1, 0.15) is 0 Å². The van der Waals surface area contributed by atoms with Gasteiger partial charge in [-0.25, -0.2) is 0 Å². The van der Waals surface area contributed by atoms with Crippen LogP contribution in [0.2, 0.25) is 0 Å². The van der Waals surface area contributed by atoms with E-state index in [4.69, 9.17) is 4.74 Å². The summed E-state index contributed by atoms with van der Waals surface area (Å²) in [7, 11) is 0. The molecule has 19 heavy (non-hydrogen) atoms. The molecule has 2 saturated heterocycles. The highest BCUT2D eigenvalue weighted by atomic mass is 16.5. The van der Waals surface area contributed by atoms with Crippen LogP contribution in [0.3, 0.4) is 0 Å². The predicted molar refractivity (Wildman–Crippen MR) is 75.0 cm³/mol. The number of carbonyl (C=O) groups is 1. The van der Waals surface area contributed by atoms with Crippen molar-refractivity contribution in [3.63, 3.8) is 0 Å². The van der Waals surface area contributed by atoms with E-state index in [0.29, 0.717) is 18.2 Å². The maximum Gasteiger partial charge on any atom is 0.248 e. The average molecular weight is 267 g/mol. The molecule has 0 bridgehead atoms. The van der Waals surface area contributed by atoms with Crippen LogP contribution in [0.5, 0.6) is 0 Å². The van der Waals surface area contributed by atoms with Gasteiger partial charge in [0.2, 0.25) is 5.91 Å². The molecule has 0 aromatic carbocycles. The van der Waals surface area contributed by atoms with Crippen molar-refractivity contribution >= 4 is 5.91 Å². The van der Waals surface area contributed by atoms with Crippen LogP contribution in [-0.4, -0.2) is 73.7 Å². The zero-order chi connectivity index (χ0) is 13.8. The highest BCUT2D eigenvalue weighted by molar-refractivity contribution is 5.93. The van der Waals surface area contributed by atoms with Gasteiger partial charge in [-0.15, -0.1) is 0 Å². The fourth-order valence-corrected chi connectivity index (χ4v) is 2.43. The Labute approximate surface area is 115 Å². The van der Waals surface area contributed by atoms with E-state index in [2.05, 4.69) is 21.7 Å². The molecule has 2 heterocycles. The molecule has 2 aliphatic rings. The molecule has 2 rings (SSSR count). The molecule has 0 atom stereocenters. The third kappa shape index (κ3) is 4.03. The fourth-order valence-electron chi connectivity index (χ4n) is 2.43. The number of carbonyl (C=O) groups excluding carboxylic acids is 1. The number of amides is 1. The zero-order valence-electron chi connectivity index (χ0n) is 12.0. The van der Waals surface area contributed by atoms with Gasteiger partial charge in [-0.05, 0) is 13.8 Å². The van der Waals surface area contributed by atoms with E-state index in [1.54, 1.807) is 0 Å². The van der Waals surface area contributed by atoms with Crippen LogP contribution in [0.15, 0.2) is 12.2 Å². The summed E-state index contributed by atoms with van der Waals surface area (Å²) in [6.45, 7) is 14.4. The second kappa shape index (κ2) is 6.50. The minimum absolute atomic E-state index is 0.0233. The van der Waals surface area contributed by atoms with Crippen LogP contribution in [0.4, 0.5) is 0 Å². The van der Waals surface area contributed by atoms with Crippen LogP contribution >= 0.6 is 0 Å². The van der Waals surface area contributed by atoms with Crippen molar-refractivity contribution in [2.24, 2.45) is 0 Å². The lowest BCUT2D eigenvalue weighted by molar-refractivity contribution is -0.118. The number of ether oxygens (including phenoxy) is 1. The number of rotatable bonds is 5. The third-order valence-electron chi connectivity index (χ3n) is 3.70. The number of hydrogen-bond donors (Lipinski definition) is 1. The first-order valence-electron chi connectivity index (χ1n) is 7.09. The summed E-state index contributed by atoms with van der Waals surface area (Å²) < 4.78 is 5.23. The molecule has 0 aliphatic carbocycles. The van der Waals surface area contributed by atoms with Crippen LogP contribution in [0, 0.1) is 0 Å². The summed E-state index contributed by atoms with van der Waals surface area (Å²) in [5.41, 5.74) is 0.661. The van der Waals surface area contributed by atoms with Gasteiger partial charge in [-0.2, -0.15) is 0 Å². The summed E-state index contributed by atoms with van der Waals surface area (Å²) in [6, 6.07) is 0.786. The van der Waals surface area contributed by atoms with Crippen molar-refractivity contribution in [3.05, 3.63) is 12.2 Å². The smallest absolute Gasteiger partial charge is 0.248 e. The maximum atomic E-state index is 11.8. The topological polar surface area (TPSA) is 44.8 Å². The van der Waals surface area contributed by atoms with E-state index in [1.807, 2.05) is 13.8 Å². The molecule has 0 spiro atoms. The highest BCUT2D eigenvalue weighted by Crippen LogP contribution is 2.13. The molecule has 0 aromatic rings. The summed E-state index contributed by atoms with van der Waals surface area (Å²) >= 11 is 0. The molecule has 5 nitrogen and oxygen atoms in total. The minimum atomic E-state index is -0.0233. The van der Waals surface area contributed by atoms with Crippen LogP contribution in [-0.2, 0) is 9.53 Å². The molecular formula is C14H25N3O2. The maximum absolute atomic E-state index is 11.8. The van der Waals surface area contributed by atoms with Gasteiger partial charge in [0.05, 0.1) is 19.3 Å². The molecule has 1 amide bonds. The van der Waals surface area contributed by atoms with Gasteiger partial charge in [0.25, 0.3) is 0 Å². The second-order valence-electron chi connectivity index (χ2n) is 5.74. The summed E-state index contributed by atoms with van der Waals surface area (Å²) in [4.78, 5) is 16.6. The highest BCUT2D eigenvalue weighted by Gasteiger charge is 2.29. The first-order chi connectivity index (χ1) is 9.06. The van der Waals surface area contributed by atoms with Crippen molar-refractivity contribution < 1.29 is 9.53 Å². The Morgan fingerprint density at radius 3 is 2.42 bits per heavy atom. The molecule has 0 unspecified atom stereocenters. The van der Waals surface area contributed by atoms with Gasteiger partial charge in [-0.1, -0.05) is 6.58 Å². The van der Waals surface area contributed by atoms with Crippen LogP contribution < -0.4 is 5.32 Å². The summed E-state index contributed by atoms with van der Waals surface area (Å²) in [5.74, 6) is -0.0233. The molecule has 108 valence electrons. The SMILES string of the molecule is C=C(CN1CCN(C2COC2)CC1)C(=O)NC(C)C. The molecule has 2 aliphatic heterocycles. The largest absolute Gasteiger partial charge is 0.378 e. The predicted octanol–water partition coefficient (Wildman–Crippen LogP) is 0.0836. The van der Waals surface area contributed by atoms with Crippen molar-refractivity contribution in [1.82, 2.24) is 15.1 Å². The molecule has 2 fully saturated rings. The lowest BCUT2D eigenvalue weighted by Gasteiger charge is -2.42. The zero-order valence-corrected chi connectivity index (χ0v) is 12.0. The fraction of sp³-hybridized carbons (Fsp3) is 0.786. The molecular weight excluding hydrogens is 242 g/mol. The standard InChI is InChI=1S/C14H25N3O2/c1-11(2)15-14(18)12(3)8-16-4-6-17(7-5-16)13-9-19-10-13/h11,13H,3-10H2,1-2H3,(H,15,18). The van der Waals surface area contributed by atoms with E-state index in [0.717, 1.165) is 39.4 Å². The van der Waals surface area contributed by atoms with Crippen molar-refractivity contribution in [1.29, 1.82) is 0 Å². The Morgan fingerprint density at radius 2 is 1.95 bits per heavy atom. The van der Waals surface area contributed by atoms with Crippen molar-refractivity contribution in [3.8, 4) is 0 Å². The van der Waals surface area contributed by atoms with E-state index in [9.17, 15) is 4.79 Å². The normalized spacial score (nSPS) is 22.3. The van der Waals surface area contributed by atoms with E-state index in [1.165, 1.54) is 0 Å². The van der Waals surface area contributed by atoms with Gasteiger partial charge >= 0.3 is 0 Å². The van der Waals surface area contributed by atoms with Crippen molar-refractivity contribution in [2.75, 3.05) is 45.9 Å². The second-order valence-corrected chi connectivity index (χ2v) is 5.74. The lowest BCUT2D eigenvalue weighted by Crippen LogP contribution is -2.56. The summed E-state index contributed by atoms with van der Waals surface area (Å²) in [6.07, 6.45) is 0. The van der Waals surface area contributed by atoms with Crippen LogP contribution in [0.1, 0.15) is 13.8 Å². The number of hydrogen-bond acceptors (Lipinski definition) is 4. The third-order valence-corrected chi connectivity index (χ3v) is 3.70. The first kappa shape index (κ1) is 14.5. The quantitative estimate of drug-likeness (QED) is 0.717. The molecule has 5 heteroatoms. The number of nitrogens with zero attached hydrogens (tertiary/aromatic N) is 2. The molecule has 1 N–H and O–H groups in total. The number of nitrogens with one attached hydrogen (secondary N) is 1. The Kier molecular flexibility index (Phi) is 4.96. The lowest BCUT2D eigenvalue weighted by atomic mass is 10.1. The van der Waals surface area contributed by atoms with Crippen molar-refractivity contribution in [2.45, 2.75) is 25.9 Å². The average Bonchev–Trinajstić information content (AvgIpc) is 2.28. The van der Waals surface area contributed by atoms with Gasteiger partial charge < -0.3 is 10.1 Å². The minimum Gasteiger partial charge on any atom is -0.378 e. The Bertz CT molecular complexity index is 332. The van der Waals surface area contributed by atoms with E-state index >= 15 is 0 Å². The van der Waals surface area contributed by atoms with E-state index in [-0.39, 0.29) is 11.9 Å². The van der Waals surface area contributed by atoms with Gasteiger partial charge in [0.15, 0.2) is 0 Å². The Morgan fingerprint density at radius 1 is 1.32 bits per heavy atom.